The molecule has 1 fully saturated rings. The van der Waals surface area contributed by atoms with Crippen molar-refractivity contribution in [3.63, 3.8) is 0 Å². The van der Waals surface area contributed by atoms with Crippen molar-refractivity contribution in [3.8, 4) is 11.5 Å². The largest absolute Gasteiger partial charge is 0.490 e. The predicted octanol–water partition coefficient (Wildman–Crippen LogP) is 4.47. The molecule has 20 heavy (non-hydrogen) atoms. The Bertz CT molecular complexity index is 413. The van der Waals surface area contributed by atoms with Crippen LogP contribution in [0.2, 0.25) is 0 Å². The number of benzene rings is 1. The molecule has 0 saturated heterocycles. The van der Waals surface area contributed by atoms with Gasteiger partial charge in [-0.05, 0) is 51.7 Å². The number of ether oxygens (including phenoxy) is 2. The fraction of sp³-hybridized carbons (Fsp3) is 0.647. The van der Waals surface area contributed by atoms with E-state index in [0.29, 0.717) is 19.3 Å². The van der Waals surface area contributed by atoms with E-state index in [9.17, 15) is 0 Å². The van der Waals surface area contributed by atoms with E-state index in [1.54, 1.807) is 0 Å². The number of anilines is 1. The molecule has 1 unspecified atom stereocenters. The fourth-order valence-electron chi connectivity index (χ4n) is 2.98. The molecule has 3 nitrogen and oxygen atoms in total. The summed E-state index contributed by atoms with van der Waals surface area (Å²) in [5.74, 6) is 2.46. The molecule has 1 aromatic carbocycles. The summed E-state index contributed by atoms with van der Waals surface area (Å²) in [7, 11) is 0. The highest BCUT2D eigenvalue weighted by molar-refractivity contribution is 5.55. The number of hydrogen-bond donors (Lipinski definition) is 1. The van der Waals surface area contributed by atoms with Crippen molar-refractivity contribution in [2.24, 2.45) is 5.92 Å². The zero-order valence-electron chi connectivity index (χ0n) is 12.9. The molecule has 112 valence electrons. The van der Waals surface area contributed by atoms with Crippen LogP contribution in [0.25, 0.3) is 0 Å². The first-order chi connectivity index (χ1) is 9.74. The van der Waals surface area contributed by atoms with E-state index in [1.165, 1.54) is 25.7 Å². The zero-order valence-corrected chi connectivity index (χ0v) is 12.9. The first kappa shape index (κ1) is 15.0. The van der Waals surface area contributed by atoms with Crippen molar-refractivity contribution in [2.45, 2.75) is 52.5 Å². The monoisotopic (exact) mass is 277 g/mol. The standard InChI is InChI=1S/C17H27NO2/c1-4-19-16-11-10-15(12-17(16)20-5-2)18-13(3)14-8-6-7-9-14/h10-14,18H,4-9H2,1-3H3. The highest BCUT2D eigenvalue weighted by Gasteiger charge is 2.21. The molecule has 3 heteroatoms. The molecule has 0 radical (unpaired) electrons. The molecule has 1 aliphatic carbocycles. The summed E-state index contributed by atoms with van der Waals surface area (Å²) >= 11 is 0. The maximum absolute atomic E-state index is 5.67. The lowest BCUT2D eigenvalue weighted by molar-refractivity contribution is 0.288. The normalized spacial score (nSPS) is 16.9. The Hall–Kier alpha value is -1.38. The topological polar surface area (TPSA) is 30.5 Å². The summed E-state index contributed by atoms with van der Waals surface area (Å²) in [5, 5.41) is 3.62. The minimum atomic E-state index is 0.518. The van der Waals surface area contributed by atoms with E-state index in [4.69, 9.17) is 9.47 Å². The highest BCUT2D eigenvalue weighted by atomic mass is 16.5. The van der Waals surface area contributed by atoms with Crippen LogP contribution in [0.15, 0.2) is 18.2 Å². The Labute approximate surface area is 122 Å². The Morgan fingerprint density at radius 2 is 1.75 bits per heavy atom. The second kappa shape index (κ2) is 7.41. The molecule has 0 aliphatic heterocycles. The van der Waals surface area contributed by atoms with Gasteiger partial charge in [0.25, 0.3) is 0 Å². The minimum Gasteiger partial charge on any atom is -0.490 e. The fourth-order valence-corrected chi connectivity index (χ4v) is 2.98. The van der Waals surface area contributed by atoms with E-state index in [0.717, 1.165) is 23.1 Å². The van der Waals surface area contributed by atoms with E-state index in [1.807, 2.05) is 19.9 Å². The molecule has 0 aromatic heterocycles. The third kappa shape index (κ3) is 3.81. The molecule has 1 saturated carbocycles. The first-order valence-electron chi connectivity index (χ1n) is 7.90. The molecule has 0 spiro atoms. The summed E-state index contributed by atoms with van der Waals surface area (Å²) in [6.07, 6.45) is 5.46. The van der Waals surface area contributed by atoms with Gasteiger partial charge in [0.1, 0.15) is 0 Å². The van der Waals surface area contributed by atoms with Crippen molar-refractivity contribution in [2.75, 3.05) is 18.5 Å². The van der Waals surface area contributed by atoms with Crippen LogP contribution in [-0.4, -0.2) is 19.3 Å². The van der Waals surface area contributed by atoms with Gasteiger partial charge in [0.2, 0.25) is 0 Å². The molecule has 0 amide bonds. The lowest BCUT2D eigenvalue weighted by atomic mass is 9.99. The first-order valence-corrected chi connectivity index (χ1v) is 7.90. The lowest BCUT2D eigenvalue weighted by Crippen LogP contribution is -2.23. The Morgan fingerprint density at radius 1 is 1.10 bits per heavy atom. The van der Waals surface area contributed by atoms with Gasteiger partial charge in [0, 0.05) is 17.8 Å². The third-order valence-electron chi connectivity index (χ3n) is 4.04. The maximum atomic E-state index is 5.67. The molecule has 1 atom stereocenters. The predicted molar refractivity (Wildman–Crippen MR) is 83.8 cm³/mol. The second-order valence-electron chi connectivity index (χ2n) is 5.51. The average molecular weight is 277 g/mol. The van der Waals surface area contributed by atoms with Crippen LogP contribution in [0.1, 0.15) is 46.5 Å². The van der Waals surface area contributed by atoms with E-state index in [2.05, 4.69) is 24.4 Å². The molecule has 2 rings (SSSR count). The highest BCUT2D eigenvalue weighted by Crippen LogP contribution is 2.33. The van der Waals surface area contributed by atoms with E-state index in [-0.39, 0.29) is 0 Å². The van der Waals surface area contributed by atoms with Crippen LogP contribution in [-0.2, 0) is 0 Å². The molecule has 1 aliphatic rings. The van der Waals surface area contributed by atoms with Crippen LogP contribution in [0.4, 0.5) is 5.69 Å². The average Bonchev–Trinajstić information content (AvgIpc) is 2.96. The lowest BCUT2D eigenvalue weighted by Gasteiger charge is -2.22. The maximum Gasteiger partial charge on any atom is 0.163 e. The van der Waals surface area contributed by atoms with Crippen LogP contribution in [0, 0.1) is 5.92 Å². The Morgan fingerprint density at radius 3 is 2.40 bits per heavy atom. The van der Waals surface area contributed by atoms with Crippen LogP contribution in [0.5, 0.6) is 11.5 Å². The quantitative estimate of drug-likeness (QED) is 0.797. The third-order valence-corrected chi connectivity index (χ3v) is 4.04. The molecule has 0 heterocycles. The van der Waals surface area contributed by atoms with Gasteiger partial charge in [0.15, 0.2) is 11.5 Å². The van der Waals surface area contributed by atoms with Gasteiger partial charge < -0.3 is 14.8 Å². The van der Waals surface area contributed by atoms with Crippen molar-refractivity contribution in [1.82, 2.24) is 0 Å². The van der Waals surface area contributed by atoms with Crippen molar-refractivity contribution in [3.05, 3.63) is 18.2 Å². The Kier molecular flexibility index (Phi) is 5.57. The summed E-state index contributed by atoms with van der Waals surface area (Å²) in [6, 6.07) is 6.65. The number of hydrogen-bond acceptors (Lipinski definition) is 3. The van der Waals surface area contributed by atoms with Crippen molar-refractivity contribution >= 4 is 5.69 Å². The van der Waals surface area contributed by atoms with Crippen molar-refractivity contribution in [1.29, 1.82) is 0 Å². The van der Waals surface area contributed by atoms with Gasteiger partial charge in [-0.3, -0.25) is 0 Å². The molecular formula is C17H27NO2. The summed E-state index contributed by atoms with van der Waals surface area (Å²) in [6.45, 7) is 7.58. The van der Waals surface area contributed by atoms with E-state index < -0.39 is 0 Å². The molecule has 1 aromatic rings. The SMILES string of the molecule is CCOc1ccc(NC(C)C2CCCC2)cc1OCC. The van der Waals surface area contributed by atoms with Crippen LogP contribution >= 0.6 is 0 Å². The molecule has 0 bridgehead atoms. The van der Waals surface area contributed by atoms with Crippen molar-refractivity contribution < 1.29 is 9.47 Å². The smallest absolute Gasteiger partial charge is 0.163 e. The van der Waals surface area contributed by atoms with E-state index >= 15 is 0 Å². The Balaban J connectivity index is 2.05. The van der Waals surface area contributed by atoms with Gasteiger partial charge >= 0.3 is 0 Å². The summed E-state index contributed by atoms with van der Waals surface area (Å²) in [4.78, 5) is 0. The van der Waals surface area contributed by atoms with Gasteiger partial charge in [-0.15, -0.1) is 0 Å². The zero-order chi connectivity index (χ0) is 14.4. The van der Waals surface area contributed by atoms with Gasteiger partial charge in [-0.25, -0.2) is 0 Å². The summed E-state index contributed by atoms with van der Waals surface area (Å²) in [5.41, 5.74) is 1.12. The van der Waals surface area contributed by atoms with Gasteiger partial charge in [-0.1, -0.05) is 12.8 Å². The number of rotatable bonds is 7. The summed E-state index contributed by atoms with van der Waals surface area (Å²) < 4.78 is 11.3. The van der Waals surface area contributed by atoms with Gasteiger partial charge in [-0.2, -0.15) is 0 Å². The minimum absolute atomic E-state index is 0.518. The molecular weight excluding hydrogens is 250 g/mol. The number of nitrogens with one attached hydrogen (secondary N) is 1. The second-order valence-corrected chi connectivity index (χ2v) is 5.51. The van der Waals surface area contributed by atoms with Gasteiger partial charge in [0.05, 0.1) is 13.2 Å². The van der Waals surface area contributed by atoms with Crippen LogP contribution < -0.4 is 14.8 Å². The molecule has 1 N–H and O–H groups in total. The van der Waals surface area contributed by atoms with Crippen LogP contribution in [0.3, 0.4) is 0 Å².